The molecule has 0 unspecified atom stereocenters. The third kappa shape index (κ3) is 6.55. The van der Waals surface area contributed by atoms with Gasteiger partial charge in [-0.2, -0.15) is 0 Å². The molecule has 1 aliphatic heterocycles. The first-order chi connectivity index (χ1) is 9.79. The number of hydrogen-bond acceptors (Lipinski definition) is 3. The molecule has 1 saturated heterocycles. The van der Waals surface area contributed by atoms with Gasteiger partial charge in [-0.05, 0) is 53.4 Å². The van der Waals surface area contributed by atoms with E-state index >= 15 is 0 Å². The van der Waals surface area contributed by atoms with E-state index in [0.717, 1.165) is 31.2 Å². The van der Waals surface area contributed by atoms with E-state index in [1.807, 2.05) is 27.7 Å². The molecule has 0 aliphatic carbocycles. The van der Waals surface area contributed by atoms with Crippen LogP contribution in [0.4, 0.5) is 0 Å². The van der Waals surface area contributed by atoms with Crippen LogP contribution in [0.25, 0.3) is 0 Å². The minimum atomic E-state index is -0.317. The van der Waals surface area contributed by atoms with Crippen molar-refractivity contribution < 1.29 is 4.74 Å². The van der Waals surface area contributed by atoms with Crippen LogP contribution in [0.3, 0.4) is 0 Å². The van der Waals surface area contributed by atoms with Crippen molar-refractivity contribution in [2.24, 2.45) is 0 Å². The maximum Gasteiger partial charge on any atom is 0.0609 e. The molecule has 0 amide bonds. The number of alkyl halides is 1. The summed E-state index contributed by atoms with van der Waals surface area (Å²) in [7, 11) is 0. The van der Waals surface area contributed by atoms with Crippen LogP contribution in [0.5, 0.6) is 0 Å². The Bertz CT molecular complexity index is 277. The van der Waals surface area contributed by atoms with Crippen molar-refractivity contribution in [3.8, 4) is 0 Å². The molecule has 0 aromatic rings. The van der Waals surface area contributed by atoms with Crippen LogP contribution in [0.2, 0.25) is 0 Å². The molecule has 1 heterocycles. The zero-order valence-electron chi connectivity index (χ0n) is 14.3. The molecule has 126 valence electrons. The van der Waals surface area contributed by atoms with Gasteiger partial charge in [0.25, 0.3) is 0 Å². The summed E-state index contributed by atoms with van der Waals surface area (Å²) < 4.78 is 6.06. The predicted octanol–water partition coefficient (Wildman–Crippen LogP) is 5.26. The fourth-order valence-electron chi connectivity index (χ4n) is 3.44. The average molecular weight is 363 g/mol. The molecule has 0 bridgehead atoms. The van der Waals surface area contributed by atoms with Crippen molar-refractivity contribution in [1.82, 2.24) is 5.06 Å². The second-order valence-electron chi connectivity index (χ2n) is 7.63. The lowest BCUT2D eigenvalue weighted by atomic mass is 9.80. The van der Waals surface area contributed by atoms with Crippen LogP contribution in [-0.4, -0.2) is 34.2 Å². The Hall–Kier alpha value is 0.360. The summed E-state index contributed by atoms with van der Waals surface area (Å²) in [6.07, 6.45) is 9.57. The van der Waals surface area contributed by atoms with E-state index in [1.165, 1.54) is 37.2 Å². The van der Waals surface area contributed by atoms with E-state index < -0.39 is 0 Å². The monoisotopic (exact) mass is 362 g/mol. The first-order valence-corrected chi connectivity index (χ1v) is 9.57. The molecule has 0 N–H and O–H groups in total. The quantitative estimate of drug-likeness (QED) is 0.414. The third-order valence-electron chi connectivity index (χ3n) is 4.44. The van der Waals surface area contributed by atoms with Crippen LogP contribution in [0.15, 0.2) is 0 Å². The van der Waals surface area contributed by atoms with Crippen molar-refractivity contribution in [2.45, 2.75) is 96.2 Å². The Balaban J connectivity index is 2.18. The van der Waals surface area contributed by atoms with Gasteiger partial charge in [0, 0.05) is 23.0 Å². The third-order valence-corrected chi connectivity index (χ3v) is 5.00. The molecule has 0 saturated carbocycles. The summed E-state index contributed by atoms with van der Waals surface area (Å²) in [4.78, 5) is 0. The van der Waals surface area contributed by atoms with Gasteiger partial charge in [-0.15, -0.1) is 0 Å². The fraction of sp³-hybridized carbons (Fsp3) is 1.00. The Morgan fingerprint density at radius 3 is 1.95 bits per heavy atom. The molecule has 3 nitrogen and oxygen atoms in total. The van der Waals surface area contributed by atoms with Gasteiger partial charge in [-0.1, -0.05) is 41.6 Å². The van der Waals surface area contributed by atoms with Gasteiger partial charge in [-0.25, -0.2) is 0 Å². The highest BCUT2D eigenvalue weighted by molar-refractivity contribution is 9.09. The van der Waals surface area contributed by atoms with Gasteiger partial charge in [0.15, 0.2) is 0 Å². The number of unbranched alkanes of at least 4 members (excludes halogenated alkanes) is 5. The highest BCUT2D eigenvalue weighted by Gasteiger charge is 2.40. The van der Waals surface area contributed by atoms with Gasteiger partial charge < -0.3 is 15.0 Å². The first kappa shape index (κ1) is 19.4. The Morgan fingerprint density at radius 2 is 1.43 bits per heavy atom. The van der Waals surface area contributed by atoms with Crippen molar-refractivity contribution in [3.63, 3.8) is 0 Å². The highest BCUT2D eigenvalue weighted by Crippen LogP contribution is 2.38. The fourth-order valence-corrected chi connectivity index (χ4v) is 3.84. The van der Waals surface area contributed by atoms with Gasteiger partial charge in [-0.3, -0.25) is 0 Å². The second-order valence-corrected chi connectivity index (χ2v) is 8.42. The van der Waals surface area contributed by atoms with Crippen LogP contribution >= 0.6 is 15.9 Å². The molecule has 1 aliphatic rings. The molecule has 0 aromatic carbocycles. The van der Waals surface area contributed by atoms with Crippen LogP contribution in [0.1, 0.15) is 79.1 Å². The summed E-state index contributed by atoms with van der Waals surface area (Å²) in [5, 5.41) is 14.7. The molecule has 0 atom stereocenters. The lowest BCUT2D eigenvalue weighted by Gasteiger charge is -2.59. The normalized spacial score (nSPS) is 22.6. The topological polar surface area (TPSA) is 35.5 Å². The lowest BCUT2D eigenvalue weighted by Crippen LogP contribution is -2.59. The van der Waals surface area contributed by atoms with Crippen molar-refractivity contribution in [3.05, 3.63) is 5.21 Å². The van der Waals surface area contributed by atoms with E-state index in [0.29, 0.717) is 0 Å². The molecular weight excluding hydrogens is 330 g/mol. The van der Waals surface area contributed by atoms with Crippen molar-refractivity contribution >= 4 is 15.9 Å². The average Bonchev–Trinajstić information content (AvgIpc) is 2.38. The second kappa shape index (κ2) is 8.85. The largest absolute Gasteiger partial charge is 0.784 e. The summed E-state index contributed by atoms with van der Waals surface area (Å²) in [6.45, 7) is 8.96. The van der Waals surface area contributed by atoms with Crippen molar-refractivity contribution in [2.75, 3.05) is 11.9 Å². The Kier molecular flexibility index (Phi) is 8.18. The summed E-state index contributed by atoms with van der Waals surface area (Å²) in [6, 6.07) is 0. The summed E-state index contributed by atoms with van der Waals surface area (Å²) >= 11 is 3.46. The van der Waals surface area contributed by atoms with Crippen LogP contribution in [-0.2, 0) is 4.74 Å². The number of hydroxylamine groups is 2. The van der Waals surface area contributed by atoms with Gasteiger partial charge in [0.1, 0.15) is 0 Å². The molecule has 1 fully saturated rings. The number of hydrogen-bond donors (Lipinski definition) is 0. The zero-order valence-corrected chi connectivity index (χ0v) is 15.9. The van der Waals surface area contributed by atoms with E-state index in [-0.39, 0.29) is 17.2 Å². The molecule has 21 heavy (non-hydrogen) atoms. The van der Waals surface area contributed by atoms with Crippen LogP contribution in [0, 0.1) is 5.21 Å². The smallest absolute Gasteiger partial charge is 0.0609 e. The molecule has 0 aromatic heterocycles. The van der Waals surface area contributed by atoms with E-state index in [9.17, 15) is 5.21 Å². The molecular formula is C17H33BrNO2-. The Morgan fingerprint density at radius 1 is 0.952 bits per heavy atom. The standard InChI is InChI=1S/C17H33BrNO2/c1-16(2)13-15(14-17(3,4)19(16)20)21-12-10-8-6-5-7-9-11-18/h15H,5-14H2,1-4H3/q-1. The number of rotatable bonds is 9. The van der Waals surface area contributed by atoms with E-state index in [4.69, 9.17) is 4.74 Å². The maximum absolute atomic E-state index is 12.3. The van der Waals surface area contributed by atoms with E-state index in [1.54, 1.807) is 0 Å². The minimum Gasteiger partial charge on any atom is -0.784 e. The SMILES string of the molecule is CC1(C)CC(OCCCCCCCCBr)CC(C)(C)N1[O-]. The van der Waals surface area contributed by atoms with Gasteiger partial charge >= 0.3 is 0 Å². The number of piperidine rings is 1. The molecule has 0 radical (unpaired) electrons. The van der Waals surface area contributed by atoms with Crippen molar-refractivity contribution in [1.29, 1.82) is 0 Å². The zero-order chi connectivity index (χ0) is 15.9. The molecule has 1 rings (SSSR count). The summed E-state index contributed by atoms with van der Waals surface area (Å²) in [5.41, 5.74) is -0.635. The highest BCUT2D eigenvalue weighted by atomic mass is 79.9. The number of ether oxygens (including phenoxy) is 1. The lowest BCUT2D eigenvalue weighted by molar-refractivity contribution is -0.0813. The summed E-state index contributed by atoms with van der Waals surface area (Å²) in [5.74, 6) is 0. The number of halogens is 1. The maximum atomic E-state index is 12.3. The number of nitrogens with zero attached hydrogens (tertiary/aromatic N) is 1. The first-order valence-electron chi connectivity index (χ1n) is 8.45. The van der Waals surface area contributed by atoms with Gasteiger partial charge in [0.2, 0.25) is 0 Å². The Labute approximate surface area is 139 Å². The van der Waals surface area contributed by atoms with E-state index in [2.05, 4.69) is 15.9 Å². The predicted molar refractivity (Wildman–Crippen MR) is 93.8 cm³/mol. The molecule has 0 spiro atoms. The van der Waals surface area contributed by atoms with Gasteiger partial charge in [0.05, 0.1) is 6.10 Å². The minimum absolute atomic E-state index is 0.230. The molecule has 4 heteroatoms. The van der Waals surface area contributed by atoms with Crippen LogP contribution < -0.4 is 0 Å².